The zero-order valence-corrected chi connectivity index (χ0v) is 13.0. The number of likely N-dealkylation sites (tertiary alicyclic amines) is 1. The van der Waals surface area contributed by atoms with Crippen LogP contribution in [0.2, 0.25) is 0 Å². The van der Waals surface area contributed by atoms with E-state index in [0.29, 0.717) is 0 Å². The largest absolute Gasteiger partial charge is 0.465 e. The van der Waals surface area contributed by atoms with Gasteiger partial charge in [-0.25, -0.2) is 17.9 Å². The molecule has 1 heterocycles. The first-order valence-corrected chi connectivity index (χ1v) is 8.30. The van der Waals surface area contributed by atoms with Crippen molar-refractivity contribution in [2.45, 2.75) is 23.8 Å². The highest BCUT2D eigenvalue weighted by molar-refractivity contribution is 7.89. The van der Waals surface area contributed by atoms with E-state index in [1.54, 1.807) is 12.1 Å². The maximum absolute atomic E-state index is 12.5. The molecule has 6 nitrogen and oxygen atoms in total. The minimum atomic E-state index is -3.73. The molecule has 0 atom stereocenters. The number of nitrogens with zero attached hydrogens (tertiary/aromatic N) is 1. The van der Waals surface area contributed by atoms with Crippen molar-refractivity contribution in [3.05, 3.63) is 29.8 Å². The number of benzene rings is 1. The molecule has 1 aromatic carbocycles. The highest BCUT2D eigenvalue weighted by Crippen LogP contribution is 2.18. The first-order valence-electron chi connectivity index (χ1n) is 6.82. The van der Waals surface area contributed by atoms with E-state index in [2.05, 4.69) is 14.4 Å². The first-order chi connectivity index (χ1) is 9.94. The summed E-state index contributed by atoms with van der Waals surface area (Å²) in [5.74, 6) is -0.653. The fraction of sp³-hybridized carbons (Fsp3) is 0.500. The molecule has 1 N–H and O–H groups in total. The number of piperidine rings is 1. The Morgan fingerprint density at radius 3 is 2.52 bits per heavy atom. The SMILES string of the molecule is COC(=O)c1ccccc1S(=O)(=O)NC1CCN(C)CC1. The zero-order chi connectivity index (χ0) is 15.5. The second kappa shape index (κ2) is 6.55. The lowest BCUT2D eigenvalue weighted by atomic mass is 10.1. The van der Waals surface area contributed by atoms with Crippen LogP contribution in [-0.2, 0) is 14.8 Å². The number of nitrogens with one attached hydrogen (secondary N) is 1. The Morgan fingerprint density at radius 1 is 1.29 bits per heavy atom. The molecule has 1 aromatic rings. The molecule has 0 bridgehead atoms. The fourth-order valence-corrected chi connectivity index (χ4v) is 3.89. The van der Waals surface area contributed by atoms with Crippen LogP contribution < -0.4 is 4.72 Å². The van der Waals surface area contributed by atoms with Crippen molar-refractivity contribution in [2.75, 3.05) is 27.2 Å². The molecule has 1 aliphatic rings. The van der Waals surface area contributed by atoms with Crippen LogP contribution in [0.3, 0.4) is 0 Å². The number of esters is 1. The van der Waals surface area contributed by atoms with E-state index in [0.717, 1.165) is 25.9 Å². The molecular formula is C14H20N2O4S. The number of hydrogen-bond acceptors (Lipinski definition) is 5. The van der Waals surface area contributed by atoms with Gasteiger partial charge < -0.3 is 9.64 Å². The van der Waals surface area contributed by atoms with Crippen molar-refractivity contribution >= 4 is 16.0 Å². The van der Waals surface area contributed by atoms with Gasteiger partial charge in [0.15, 0.2) is 0 Å². The summed E-state index contributed by atoms with van der Waals surface area (Å²) in [6, 6.07) is 5.98. The van der Waals surface area contributed by atoms with Crippen LogP contribution in [0.15, 0.2) is 29.2 Å². The van der Waals surface area contributed by atoms with Crippen LogP contribution in [-0.4, -0.2) is 52.6 Å². The molecule has 0 spiro atoms. The molecule has 0 unspecified atom stereocenters. The van der Waals surface area contributed by atoms with Gasteiger partial charge in [-0.15, -0.1) is 0 Å². The van der Waals surface area contributed by atoms with E-state index in [9.17, 15) is 13.2 Å². The summed E-state index contributed by atoms with van der Waals surface area (Å²) in [7, 11) is -0.489. The zero-order valence-electron chi connectivity index (χ0n) is 12.2. The Kier molecular flexibility index (Phi) is 4.97. The number of ether oxygens (including phenoxy) is 1. The Hall–Kier alpha value is -1.44. The second-order valence-electron chi connectivity index (χ2n) is 5.19. The Morgan fingerprint density at radius 2 is 1.90 bits per heavy atom. The normalized spacial score (nSPS) is 17.6. The predicted molar refractivity (Wildman–Crippen MR) is 78.6 cm³/mol. The van der Waals surface area contributed by atoms with Gasteiger partial charge in [0.1, 0.15) is 0 Å². The third-order valence-corrected chi connectivity index (χ3v) is 5.20. The highest BCUT2D eigenvalue weighted by atomic mass is 32.2. The van der Waals surface area contributed by atoms with E-state index in [1.807, 2.05) is 7.05 Å². The third-order valence-electron chi connectivity index (χ3n) is 3.62. The molecule has 116 valence electrons. The van der Waals surface area contributed by atoms with Crippen LogP contribution in [0.4, 0.5) is 0 Å². The Balaban J connectivity index is 2.22. The van der Waals surface area contributed by atoms with Crippen molar-refractivity contribution in [1.82, 2.24) is 9.62 Å². The van der Waals surface area contributed by atoms with Gasteiger partial charge in [0.05, 0.1) is 17.6 Å². The Labute approximate surface area is 125 Å². The average Bonchev–Trinajstić information content (AvgIpc) is 2.48. The smallest absolute Gasteiger partial charge is 0.339 e. The molecular weight excluding hydrogens is 292 g/mol. The molecule has 0 amide bonds. The van der Waals surface area contributed by atoms with Gasteiger partial charge in [0, 0.05) is 6.04 Å². The lowest BCUT2D eigenvalue weighted by molar-refractivity contribution is 0.0596. The average molecular weight is 312 g/mol. The van der Waals surface area contributed by atoms with Crippen LogP contribution in [0.1, 0.15) is 23.2 Å². The maximum atomic E-state index is 12.5. The third kappa shape index (κ3) is 3.81. The molecule has 2 rings (SSSR count). The van der Waals surface area contributed by atoms with E-state index >= 15 is 0 Å². The second-order valence-corrected chi connectivity index (χ2v) is 6.87. The van der Waals surface area contributed by atoms with Gasteiger partial charge in [0.25, 0.3) is 0 Å². The standard InChI is InChI=1S/C14H20N2O4S/c1-16-9-7-11(8-10-16)15-21(18,19)13-6-4-3-5-12(13)14(17)20-2/h3-6,11,15H,7-10H2,1-2H3. The molecule has 0 aromatic heterocycles. The van der Waals surface area contributed by atoms with Gasteiger partial charge >= 0.3 is 5.97 Å². The molecule has 1 saturated heterocycles. The number of rotatable bonds is 4. The lowest BCUT2D eigenvalue weighted by Crippen LogP contribution is -2.43. The van der Waals surface area contributed by atoms with Crippen molar-refractivity contribution < 1.29 is 17.9 Å². The molecule has 1 aliphatic heterocycles. The maximum Gasteiger partial charge on any atom is 0.339 e. The number of carbonyl (C=O) groups is 1. The van der Waals surface area contributed by atoms with Gasteiger partial charge in [-0.3, -0.25) is 0 Å². The summed E-state index contributed by atoms with van der Waals surface area (Å²) in [5, 5.41) is 0. The number of sulfonamides is 1. The van der Waals surface area contributed by atoms with Crippen LogP contribution in [0.5, 0.6) is 0 Å². The van der Waals surface area contributed by atoms with Gasteiger partial charge in [0.2, 0.25) is 10.0 Å². The van der Waals surface area contributed by atoms with Gasteiger partial charge in [-0.05, 0) is 45.1 Å². The van der Waals surface area contributed by atoms with Crippen molar-refractivity contribution in [3.63, 3.8) is 0 Å². The van der Waals surface area contributed by atoms with Crippen molar-refractivity contribution in [2.24, 2.45) is 0 Å². The number of carbonyl (C=O) groups excluding carboxylic acids is 1. The molecule has 0 radical (unpaired) electrons. The quantitative estimate of drug-likeness (QED) is 0.834. The molecule has 0 saturated carbocycles. The summed E-state index contributed by atoms with van der Waals surface area (Å²) in [6.45, 7) is 1.71. The van der Waals surface area contributed by atoms with E-state index in [4.69, 9.17) is 0 Å². The van der Waals surface area contributed by atoms with Crippen molar-refractivity contribution in [1.29, 1.82) is 0 Å². The van der Waals surface area contributed by atoms with Gasteiger partial charge in [-0.1, -0.05) is 12.1 Å². The molecule has 0 aliphatic carbocycles. The van der Waals surface area contributed by atoms with Crippen LogP contribution >= 0.6 is 0 Å². The topological polar surface area (TPSA) is 75.7 Å². The van der Waals surface area contributed by atoms with Gasteiger partial charge in [-0.2, -0.15) is 0 Å². The first kappa shape index (κ1) is 15.9. The number of methoxy groups -OCH3 is 1. The minimum Gasteiger partial charge on any atom is -0.465 e. The van der Waals surface area contributed by atoms with E-state index in [-0.39, 0.29) is 16.5 Å². The van der Waals surface area contributed by atoms with Crippen LogP contribution in [0, 0.1) is 0 Å². The molecule has 1 fully saturated rings. The summed E-state index contributed by atoms with van der Waals surface area (Å²) < 4.78 is 32.3. The summed E-state index contributed by atoms with van der Waals surface area (Å²) in [4.78, 5) is 13.8. The fourth-order valence-electron chi connectivity index (χ4n) is 2.39. The molecule has 7 heteroatoms. The van der Waals surface area contributed by atoms with E-state index < -0.39 is 16.0 Å². The summed E-state index contributed by atoms with van der Waals surface area (Å²) >= 11 is 0. The lowest BCUT2D eigenvalue weighted by Gasteiger charge is -2.29. The summed E-state index contributed by atoms with van der Waals surface area (Å²) in [5.41, 5.74) is 0.0560. The summed E-state index contributed by atoms with van der Waals surface area (Å²) in [6.07, 6.45) is 1.52. The van der Waals surface area contributed by atoms with E-state index in [1.165, 1.54) is 19.2 Å². The molecule has 21 heavy (non-hydrogen) atoms. The minimum absolute atomic E-state index is 0.0317. The monoisotopic (exact) mass is 312 g/mol. The highest BCUT2D eigenvalue weighted by Gasteiger charge is 2.27. The number of hydrogen-bond donors (Lipinski definition) is 1. The van der Waals surface area contributed by atoms with Crippen molar-refractivity contribution in [3.8, 4) is 0 Å². The van der Waals surface area contributed by atoms with Crippen LogP contribution in [0.25, 0.3) is 0 Å². The Bertz CT molecular complexity index is 607. The predicted octanol–water partition coefficient (Wildman–Crippen LogP) is 0.846.